The Morgan fingerprint density at radius 1 is 1.26 bits per heavy atom. The number of rotatable bonds is 3. The Morgan fingerprint density at radius 2 is 2.03 bits per heavy atom. The summed E-state index contributed by atoms with van der Waals surface area (Å²) in [5.74, 6) is -0.102. The van der Waals surface area contributed by atoms with Crippen molar-refractivity contribution in [1.82, 2.24) is 5.32 Å². The fourth-order valence-corrected chi connectivity index (χ4v) is 4.21. The topological polar surface area (TPSA) is 70.6 Å². The van der Waals surface area contributed by atoms with Crippen molar-refractivity contribution in [2.75, 3.05) is 12.0 Å². The lowest BCUT2D eigenvalue weighted by Gasteiger charge is -2.38. The van der Waals surface area contributed by atoms with E-state index in [1.165, 1.54) is 13.0 Å². The van der Waals surface area contributed by atoms with Gasteiger partial charge in [-0.3, -0.25) is 0 Å². The van der Waals surface area contributed by atoms with Crippen molar-refractivity contribution in [1.29, 1.82) is 0 Å². The molecule has 1 aliphatic heterocycles. The third-order valence-corrected chi connectivity index (χ3v) is 5.71. The molecule has 0 saturated carbocycles. The monoisotopic (exact) mass is 438 g/mol. The van der Waals surface area contributed by atoms with Gasteiger partial charge in [-0.25, -0.2) is 9.18 Å². The average Bonchev–Trinajstić information content (AvgIpc) is 3.08. The molecule has 0 unspecified atom stereocenters. The van der Waals surface area contributed by atoms with E-state index < -0.39 is 42.2 Å². The largest absolute Gasteiger partial charge is 0.484 e. The zero-order valence-corrected chi connectivity index (χ0v) is 16.7. The maximum atomic E-state index is 13.6. The molecule has 0 spiro atoms. The standard InChI is InChI=1S/C22H22F4N2O3/c1-21(11-23)10-18(15-6-5-13(22(24,25)26)8-19(15)31-21)28-20(30)27-17-4-2-3-12-7-14(29)9-16(12)17/h2-6,8,14,18,29H,7,9-11H2,1H3,(H2,27,28,30)/t14-,18-,21+/m1/s1. The number of aliphatic hydroxyl groups is 1. The molecule has 9 heteroatoms. The Morgan fingerprint density at radius 3 is 2.74 bits per heavy atom. The zero-order chi connectivity index (χ0) is 22.4. The maximum Gasteiger partial charge on any atom is 0.416 e. The highest BCUT2D eigenvalue weighted by Gasteiger charge is 2.40. The number of urea groups is 1. The van der Waals surface area contributed by atoms with E-state index in [9.17, 15) is 27.5 Å². The molecule has 166 valence electrons. The Kier molecular flexibility index (Phi) is 5.33. The minimum Gasteiger partial charge on any atom is -0.484 e. The molecule has 2 amide bonds. The number of benzene rings is 2. The van der Waals surface area contributed by atoms with Crippen LogP contribution < -0.4 is 15.4 Å². The number of hydrogen-bond donors (Lipinski definition) is 3. The molecule has 5 nitrogen and oxygen atoms in total. The summed E-state index contributed by atoms with van der Waals surface area (Å²) in [6.45, 7) is 0.529. The number of anilines is 1. The third-order valence-electron chi connectivity index (χ3n) is 5.71. The number of carbonyl (C=O) groups is 1. The first-order chi connectivity index (χ1) is 14.6. The summed E-state index contributed by atoms with van der Waals surface area (Å²) in [5.41, 5.74) is 0.429. The lowest BCUT2D eigenvalue weighted by molar-refractivity contribution is -0.137. The first kappa shape index (κ1) is 21.4. The molecule has 2 aromatic carbocycles. The lowest BCUT2D eigenvalue weighted by Crippen LogP contribution is -2.45. The molecule has 0 bridgehead atoms. The van der Waals surface area contributed by atoms with E-state index in [4.69, 9.17) is 4.74 Å². The number of hydrogen-bond acceptors (Lipinski definition) is 3. The number of carbonyl (C=O) groups excluding carboxylic acids is 1. The summed E-state index contributed by atoms with van der Waals surface area (Å²) in [4.78, 5) is 12.7. The van der Waals surface area contributed by atoms with Crippen molar-refractivity contribution in [2.45, 2.75) is 50.1 Å². The molecular weight excluding hydrogens is 416 g/mol. The summed E-state index contributed by atoms with van der Waals surface area (Å²) < 4.78 is 58.4. The van der Waals surface area contributed by atoms with Crippen molar-refractivity contribution in [3.63, 3.8) is 0 Å². The van der Waals surface area contributed by atoms with Crippen LogP contribution in [0.25, 0.3) is 0 Å². The van der Waals surface area contributed by atoms with Gasteiger partial charge in [0.2, 0.25) is 0 Å². The molecule has 0 fully saturated rings. The molecule has 1 aliphatic carbocycles. The van der Waals surface area contributed by atoms with Crippen LogP contribution in [0.3, 0.4) is 0 Å². The van der Waals surface area contributed by atoms with Crippen molar-refractivity contribution in [3.05, 3.63) is 58.7 Å². The minimum atomic E-state index is -4.57. The van der Waals surface area contributed by atoms with Crippen LogP contribution in [0.4, 0.5) is 28.0 Å². The highest BCUT2D eigenvalue weighted by Crippen LogP contribution is 2.43. The van der Waals surface area contributed by atoms with Gasteiger partial charge >= 0.3 is 12.2 Å². The van der Waals surface area contributed by atoms with Gasteiger partial charge in [-0.05, 0) is 42.7 Å². The highest BCUT2D eigenvalue weighted by atomic mass is 19.4. The second-order valence-electron chi connectivity index (χ2n) is 8.30. The van der Waals surface area contributed by atoms with Gasteiger partial charge < -0.3 is 20.5 Å². The molecule has 0 aromatic heterocycles. The van der Waals surface area contributed by atoms with E-state index >= 15 is 0 Å². The van der Waals surface area contributed by atoms with E-state index in [1.54, 1.807) is 12.1 Å². The van der Waals surface area contributed by atoms with Gasteiger partial charge in [0.25, 0.3) is 0 Å². The van der Waals surface area contributed by atoms with Crippen LogP contribution in [0.1, 0.15) is 41.6 Å². The predicted octanol–water partition coefficient (Wildman–Crippen LogP) is 4.54. The fraction of sp³-hybridized carbons (Fsp3) is 0.409. The van der Waals surface area contributed by atoms with Crippen molar-refractivity contribution < 1.29 is 32.2 Å². The molecule has 0 saturated heterocycles. The Labute approximate surface area is 176 Å². The van der Waals surface area contributed by atoms with Crippen LogP contribution in [0.5, 0.6) is 5.75 Å². The second-order valence-corrected chi connectivity index (χ2v) is 8.30. The van der Waals surface area contributed by atoms with E-state index in [0.717, 1.165) is 23.3 Å². The molecule has 3 atom stereocenters. The van der Waals surface area contributed by atoms with Gasteiger partial charge in [-0.15, -0.1) is 0 Å². The zero-order valence-electron chi connectivity index (χ0n) is 16.7. The molecule has 2 aromatic rings. The van der Waals surface area contributed by atoms with Gasteiger partial charge in [0.15, 0.2) is 0 Å². The van der Waals surface area contributed by atoms with Gasteiger partial charge in [0.1, 0.15) is 18.0 Å². The number of ether oxygens (including phenoxy) is 1. The first-order valence-corrected chi connectivity index (χ1v) is 9.90. The van der Waals surface area contributed by atoms with E-state index in [2.05, 4.69) is 10.6 Å². The lowest BCUT2D eigenvalue weighted by atomic mass is 9.88. The number of halogens is 4. The summed E-state index contributed by atoms with van der Waals surface area (Å²) in [7, 11) is 0. The quantitative estimate of drug-likeness (QED) is 0.617. The molecule has 0 radical (unpaired) electrons. The van der Waals surface area contributed by atoms with Crippen LogP contribution in [-0.4, -0.2) is 29.5 Å². The fourth-order valence-electron chi connectivity index (χ4n) is 4.21. The number of nitrogens with one attached hydrogen (secondary N) is 2. The van der Waals surface area contributed by atoms with Crippen LogP contribution in [0.15, 0.2) is 36.4 Å². The molecular formula is C22H22F4N2O3. The summed E-state index contributed by atoms with van der Waals surface area (Å²) in [6.07, 6.45) is -4.08. The SMILES string of the molecule is C[C@@]1(CF)C[C@@H](NC(=O)Nc2cccc3c2C[C@H](O)C3)c2ccc(C(F)(F)F)cc2O1. The van der Waals surface area contributed by atoms with Crippen LogP contribution in [-0.2, 0) is 19.0 Å². The third kappa shape index (κ3) is 4.32. The summed E-state index contributed by atoms with van der Waals surface area (Å²) in [6, 6.07) is 7.05. The molecule has 3 N–H and O–H groups in total. The van der Waals surface area contributed by atoms with Gasteiger partial charge in [-0.1, -0.05) is 18.2 Å². The van der Waals surface area contributed by atoms with Gasteiger partial charge in [0, 0.05) is 24.1 Å². The van der Waals surface area contributed by atoms with E-state index in [0.29, 0.717) is 24.1 Å². The van der Waals surface area contributed by atoms with E-state index in [1.807, 2.05) is 6.07 Å². The number of aliphatic hydroxyl groups excluding tert-OH is 1. The van der Waals surface area contributed by atoms with Gasteiger partial charge in [-0.2, -0.15) is 13.2 Å². The van der Waals surface area contributed by atoms with Crippen LogP contribution in [0, 0.1) is 0 Å². The van der Waals surface area contributed by atoms with Crippen molar-refractivity contribution >= 4 is 11.7 Å². The number of amides is 2. The Hall–Kier alpha value is -2.81. The molecule has 1 heterocycles. The normalized spacial score (nSPS) is 24.7. The summed E-state index contributed by atoms with van der Waals surface area (Å²) in [5, 5.41) is 15.4. The molecule has 31 heavy (non-hydrogen) atoms. The minimum absolute atomic E-state index is 0.0564. The predicted molar refractivity (Wildman–Crippen MR) is 106 cm³/mol. The van der Waals surface area contributed by atoms with E-state index in [-0.39, 0.29) is 12.2 Å². The molecule has 4 rings (SSSR count). The van der Waals surface area contributed by atoms with Gasteiger partial charge in [0.05, 0.1) is 17.7 Å². The Bertz CT molecular complexity index is 1010. The first-order valence-electron chi connectivity index (χ1n) is 9.90. The molecule has 2 aliphatic rings. The average molecular weight is 438 g/mol. The second kappa shape index (κ2) is 7.71. The van der Waals surface area contributed by atoms with Crippen molar-refractivity contribution in [2.24, 2.45) is 0 Å². The smallest absolute Gasteiger partial charge is 0.416 e. The van der Waals surface area contributed by atoms with Crippen molar-refractivity contribution in [3.8, 4) is 5.75 Å². The maximum absolute atomic E-state index is 13.6. The highest BCUT2D eigenvalue weighted by molar-refractivity contribution is 5.90. The Balaban J connectivity index is 1.57. The van der Waals surface area contributed by atoms with Crippen LogP contribution >= 0.6 is 0 Å². The number of fused-ring (bicyclic) bond motifs is 2. The van der Waals surface area contributed by atoms with Crippen LogP contribution in [0.2, 0.25) is 0 Å². The number of alkyl halides is 4. The summed E-state index contributed by atoms with van der Waals surface area (Å²) >= 11 is 0.